The van der Waals surface area contributed by atoms with E-state index in [4.69, 9.17) is 0 Å². The topological polar surface area (TPSA) is 59.4 Å². The number of hydrogen-bond acceptors (Lipinski definition) is 4. The molecule has 2 aromatic carbocycles. The van der Waals surface area contributed by atoms with E-state index in [1.54, 1.807) is 28.8 Å². The van der Waals surface area contributed by atoms with E-state index in [0.29, 0.717) is 23.7 Å². The summed E-state index contributed by atoms with van der Waals surface area (Å²) in [7, 11) is -4.03. The maximum Gasteiger partial charge on any atom is 0.211 e. The Morgan fingerprint density at radius 3 is 2.59 bits per heavy atom. The third-order valence-electron chi connectivity index (χ3n) is 6.21. The van der Waals surface area contributed by atoms with Gasteiger partial charge in [-0.2, -0.15) is 0 Å². The number of benzene rings is 2. The Balaban J connectivity index is 1.93. The van der Waals surface area contributed by atoms with E-state index in [-0.39, 0.29) is 15.2 Å². The van der Waals surface area contributed by atoms with Gasteiger partial charge in [-0.1, -0.05) is 38.5 Å². The van der Waals surface area contributed by atoms with Crippen molar-refractivity contribution < 1.29 is 12.8 Å². The van der Waals surface area contributed by atoms with Crippen molar-refractivity contribution in [2.24, 2.45) is 5.92 Å². The molecule has 0 saturated carbocycles. The number of rotatable bonds is 6. The molecule has 0 radical (unpaired) electrons. The summed E-state index contributed by atoms with van der Waals surface area (Å²) in [5.41, 5.74) is 0.395. The number of halogens is 1. The second-order valence-corrected chi connectivity index (χ2v) is 10.6. The normalized spacial score (nSPS) is 17.1. The molecule has 1 atom stereocenters. The summed E-state index contributed by atoms with van der Waals surface area (Å²) in [4.78, 5) is 15.1. The maximum atomic E-state index is 15.2. The van der Waals surface area contributed by atoms with Gasteiger partial charge >= 0.3 is 0 Å². The fourth-order valence-electron chi connectivity index (χ4n) is 4.45. The molecule has 1 aliphatic heterocycles. The molecule has 1 unspecified atom stereocenters. The number of piperidine rings is 1. The minimum absolute atomic E-state index is 0.0536. The van der Waals surface area contributed by atoms with Crippen LogP contribution in [0.4, 0.5) is 10.1 Å². The van der Waals surface area contributed by atoms with Crippen molar-refractivity contribution in [1.82, 2.24) is 4.57 Å². The highest BCUT2D eigenvalue weighted by Gasteiger charge is 2.26. The van der Waals surface area contributed by atoms with Crippen LogP contribution in [-0.4, -0.2) is 26.1 Å². The first-order chi connectivity index (χ1) is 15.3. The van der Waals surface area contributed by atoms with Crippen molar-refractivity contribution in [2.75, 3.05) is 18.0 Å². The van der Waals surface area contributed by atoms with E-state index in [0.717, 1.165) is 38.8 Å². The van der Waals surface area contributed by atoms with Gasteiger partial charge in [0, 0.05) is 25.8 Å². The summed E-state index contributed by atoms with van der Waals surface area (Å²) in [6.07, 6.45) is 5.27. The van der Waals surface area contributed by atoms with Crippen LogP contribution in [0.3, 0.4) is 0 Å². The van der Waals surface area contributed by atoms with Crippen LogP contribution < -0.4 is 10.3 Å². The summed E-state index contributed by atoms with van der Waals surface area (Å²) >= 11 is 0. The van der Waals surface area contributed by atoms with Crippen LogP contribution in [0.5, 0.6) is 0 Å². The highest BCUT2D eigenvalue weighted by atomic mass is 32.2. The third kappa shape index (κ3) is 4.18. The second kappa shape index (κ2) is 9.06. The lowest BCUT2D eigenvalue weighted by Crippen LogP contribution is -2.35. The number of anilines is 1. The Kier molecular flexibility index (Phi) is 6.38. The Bertz CT molecular complexity index is 1290. The number of aromatic nitrogens is 1. The average molecular weight is 457 g/mol. The number of unbranched alkanes of at least 4 members (excludes halogenated alkanes) is 1. The SMILES string of the molecule is CCCCn1cc(S(=O)(=O)c2ccccc2)c(=O)c2cc(F)c(N3CCCC(C)C3)cc21. The molecule has 0 N–H and O–H groups in total. The van der Waals surface area contributed by atoms with Gasteiger partial charge in [-0.05, 0) is 49.4 Å². The third-order valence-corrected chi connectivity index (χ3v) is 7.97. The molecule has 4 rings (SSSR count). The van der Waals surface area contributed by atoms with Gasteiger partial charge in [-0.25, -0.2) is 12.8 Å². The Hall–Kier alpha value is -2.67. The molecule has 1 aliphatic rings. The summed E-state index contributed by atoms with van der Waals surface area (Å²) < 4.78 is 43.5. The fourth-order valence-corrected chi connectivity index (χ4v) is 5.84. The highest BCUT2D eigenvalue weighted by molar-refractivity contribution is 7.91. The molecule has 3 aromatic rings. The molecule has 0 amide bonds. The van der Waals surface area contributed by atoms with Crippen LogP contribution in [0, 0.1) is 11.7 Å². The molecule has 0 bridgehead atoms. The molecular formula is C25H29FN2O3S. The van der Waals surface area contributed by atoms with E-state index in [2.05, 4.69) is 6.92 Å². The van der Waals surface area contributed by atoms with Crippen molar-refractivity contribution in [3.05, 3.63) is 64.7 Å². The molecule has 1 saturated heterocycles. The summed E-state index contributed by atoms with van der Waals surface area (Å²) in [6.45, 7) is 6.29. The van der Waals surface area contributed by atoms with Crippen molar-refractivity contribution in [3.63, 3.8) is 0 Å². The zero-order chi connectivity index (χ0) is 22.9. The molecular weight excluding hydrogens is 427 g/mol. The summed E-state index contributed by atoms with van der Waals surface area (Å²) in [5.74, 6) is -0.0143. The van der Waals surface area contributed by atoms with Gasteiger partial charge < -0.3 is 9.47 Å². The second-order valence-electron chi connectivity index (χ2n) is 8.70. The Morgan fingerprint density at radius 1 is 1.16 bits per heavy atom. The van der Waals surface area contributed by atoms with Crippen LogP contribution in [0.1, 0.15) is 39.5 Å². The predicted octanol–water partition coefficient (Wildman–Crippen LogP) is 5.01. The van der Waals surface area contributed by atoms with Crippen molar-refractivity contribution in [3.8, 4) is 0 Å². The van der Waals surface area contributed by atoms with E-state index in [1.807, 2.05) is 11.8 Å². The number of pyridine rings is 1. The van der Waals surface area contributed by atoms with Gasteiger partial charge in [0.1, 0.15) is 10.7 Å². The zero-order valence-electron chi connectivity index (χ0n) is 18.6. The first-order valence-corrected chi connectivity index (χ1v) is 12.7. The molecule has 170 valence electrons. The summed E-state index contributed by atoms with van der Waals surface area (Å²) in [5, 5.41) is 0.101. The molecule has 0 aliphatic carbocycles. The van der Waals surface area contributed by atoms with E-state index < -0.39 is 21.1 Å². The lowest BCUT2D eigenvalue weighted by Gasteiger charge is -2.33. The van der Waals surface area contributed by atoms with E-state index in [9.17, 15) is 13.2 Å². The molecule has 32 heavy (non-hydrogen) atoms. The number of aryl methyl sites for hydroxylation is 1. The first kappa shape index (κ1) is 22.5. The molecule has 5 nitrogen and oxygen atoms in total. The monoisotopic (exact) mass is 456 g/mol. The standard InChI is InChI=1S/C25H29FN2O3S/c1-3-4-12-28-17-24(32(30,31)19-10-6-5-7-11-19)25(29)20-14-21(26)23(15-22(20)28)27-13-8-9-18(2)16-27/h5-7,10-11,14-15,17-18H,3-4,8-9,12-13,16H2,1-2H3. The number of hydrogen-bond donors (Lipinski definition) is 0. The molecule has 0 spiro atoms. The van der Waals surface area contributed by atoms with Gasteiger partial charge in [0.15, 0.2) is 0 Å². The predicted molar refractivity (Wildman–Crippen MR) is 126 cm³/mol. The van der Waals surface area contributed by atoms with Gasteiger partial charge in [-0.15, -0.1) is 0 Å². The number of sulfone groups is 1. The van der Waals surface area contributed by atoms with Crippen LogP contribution in [0.25, 0.3) is 10.9 Å². The van der Waals surface area contributed by atoms with Crippen LogP contribution in [-0.2, 0) is 16.4 Å². The van der Waals surface area contributed by atoms with Gasteiger partial charge in [0.05, 0.1) is 21.5 Å². The van der Waals surface area contributed by atoms with Crippen LogP contribution in [0.15, 0.2) is 63.2 Å². The smallest absolute Gasteiger partial charge is 0.211 e. The van der Waals surface area contributed by atoms with E-state index in [1.165, 1.54) is 24.4 Å². The van der Waals surface area contributed by atoms with Crippen LogP contribution >= 0.6 is 0 Å². The lowest BCUT2D eigenvalue weighted by atomic mass is 9.99. The van der Waals surface area contributed by atoms with Crippen molar-refractivity contribution in [2.45, 2.75) is 55.9 Å². The maximum absolute atomic E-state index is 15.2. The molecule has 1 aromatic heterocycles. The first-order valence-electron chi connectivity index (χ1n) is 11.2. The zero-order valence-corrected chi connectivity index (χ0v) is 19.4. The minimum Gasteiger partial charge on any atom is -0.369 e. The van der Waals surface area contributed by atoms with Crippen LogP contribution in [0.2, 0.25) is 0 Å². The Labute approximate surface area is 188 Å². The average Bonchev–Trinajstić information content (AvgIpc) is 2.79. The quantitative estimate of drug-likeness (QED) is 0.523. The molecule has 7 heteroatoms. The van der Waals surface area contributed by atoms with Gasteiger partial charge in [0.2, 0.25) is 15.3 Å². The Morgan fingerprint density at radius 2 is 1.91 bits per heavy atom. The number of nitrogens with zero attached hydrogens (tertiary/aromatic N) is 2. The largest absolute Gasteiger partial charge is 0.369 e. The molecule has 1 fully saturated rings. The van der Waals surface area contributed by atoms with Gasteiger partial charge in [-0.3, -0.25) is 4.79 Å². The molecule has 2 heterocycles. The van der Waals surface area contributed by atoms with Crippen molar-refractivity contribution >= 4 is 26.4 Å². The van der Waals surface area contributed by atoms with E-state index >= 15 is 4.39 Å². The summed E-state index contributed by atoms with van der Waals surface area (Å²) in [6, 6.07) is 10.8. The minimum atomic E-state index is -4.03. The lowest BCUT2D eigenvalue weighted by molar-refractivity contribution is 0.442. The van der Waals surface area contributed by atoms with Crippen molar-refractivity contribution in [1.29, 1.82) is 0 Å². The highest BCUT2D eigenvalue weighted by Crippen LogP contribution is 2.30. The number of fused-ring (bicyclic) bond motifs is 1. The van der Waals surface area contributed by atoms with Gasteiger partial charge in [0.25, 0.3) is 0 Å². The fraction of sp³-hybridized carbons (Fsp3) is 0.400.